The molecule has 2 fully saturated rings. The van der Waals surface area contributed by atoms with Crippen molar-refractivity contribution in [2.75, 3.05) is 0 Å². The molecule has 0 amide bonds. The largest absolute Gasteiger partial charge is 0.507 e. The van der Waals surface area contributed by atoms with E-state index < -0.39 is 29.2 Å². The highest BCUT2D eigenvalue weighted by Crippen LogP contribution is 2.48. The van der Waals surface area contributed by atoms with Gasteiger partial charge < -0.3 is 29.9 Å². The molecule has 2 aliphatic heterocycles. The number of hydrogen-bond acceptors (Lipinski definition) is 7. The number of carbonyl (C=O) groups is 2. The molecule has 0 saturated carbocycles. The summed E-state index contributed by atoms with van der Waals surface area (Å²) < 4.78 is 13.2. The quantitative estimate of drug-likeness (QED) is 0.225. The van der Waals surface area contributed by atoms with E-state index in [-0.39, 0.29) is 53.2 Å². The van der Waals surface area contributed by atoms with Crippen LogP contribution < -0.4 is 0 Å². The number of aryl methyl sites for hydroxylation is 2. The first-order valence-electron chi connectivity index (χ1n) is 16.0. The van der Waals surface area contributed by atoms with Crippen LogP contribution in [0.25, 0.3) is 0 Å². The highest BCUT2D eigenvalue weighted by Gasteiger charge is 2.55. The Bertz CT molecular complexity index is 1100. The van der Waals surface area contributed by atoms with Gasteiger partial charge in [0.25, 0.3) is 0 Å². The third-order valence-electron chi connectivity index (χ3n) is 10.7. The van der Waals surface area contributed by atoms with Gasteiger partial charge in [-0.05, 0) is 88.2 Å². The Morgan fingerprint density at radius 1 is 1.12 bits per heavy atom. The molecule has 1 aromatic rings. The number of ketones is 1. The Labute approximate surface area is 251 Å². The average molecular weight is 591 g/mol. The third kappa shape index (κ3) is 6.72. The van der Waals surface area contributed by atoms with Crippen molar-refractivity contribution in [2.45, 2.75) is 142 Å². The lowest BCUT2D eigenvalue weighted by Crippen LogP contribution is -2.55. The number of phenols is 1. The fourth-order valence-corrected chi connectivity index (χ4v) is 7.45. The van der Waals surface area contributed by atoms with Crippen LogP contribution in [0.3, 0.4) is 0 Å². The zero-order valence-electron chi connectivity index (χ0n) is 26.9. The van der Waals surface area contributed by atoms with Gasteiger partial charge in [-0.15, -0.1) is 0 Å². The van der Waals surface area contributed by atoms with Crippen LogP contribution in [0.4, 0.5) is 0 Å². The number of hydrogen-bond donors (Lipinski definition) is 4. The highest BCUT2D eigenvalue weighted by atomic mass is 16.6. The molecule has 0 aliphatic carbocycles. The number of aromatic hydroxyl groups is 1. The molecule has 10 atom stereocenters. The van der Waals surface area contributed by atoms with Crippen LogP contribution >= 0.6 is 0 Å². The van der Waals surface area contributed by atoms with Crippen LogP contribution in [0.15, 0.2) is 12.1 Å². The third-order valence-corrected chi connectivity index (χ3v) is 10.7. The second kappa shape index (κ2) is 13.7. The summed E-state index contributed by atoms with van der Waals surface area (Å²) in [6.45, 7) is 15.4. The maximum absolute atomic E-state index is 13.9. The number of Topliss-reactive ketones (excluding diaryl/α,β-unsaturated/α-hetero) is 1. The standard InChI is InChI=1S/C34H54O8/c1-9-25(31-21(6)18-34(11-3,42-31)26-16-17-33(40,10-2)23(8)41-26)30(37)22(7)28(35)19(4)12-14-24-15-13-20(5)29(36)27(24)32(38)39/h13,15,19,21-23,25-26,28,31,35-36,40H,9-12,14,16-18H2,1-8H3,(H,38,39)/t19-,21-,22-,23+,25+,26-,28-,31+,33+,34-/m1/s1. The van der Waals surface area contributed by atoms with E-state index in [0.717, 1.165) is 12.8 Å². The minimum Gasteiger partial charge on any atom is -0.507 e. The smallest absolute Gasteiger partial charge is 0.339 e. The van der Waals surface area contributed by atoms with E-state index in [9.17, 15) is 30.0 Å². The molecule has 0 aromatic heterocycles. The highest BCUT2D eigenvalue weighted by molar-refractivity contribution is 5.93. The lowest BCUT2D eigenvalue weighted by molar-refractivity contribution is -0.229. The maximum Gasteiger partial charge on any atom is 0.339 e. The molecular formula is C34H54O8. The second-order valence-electron chi connectivity index (χ2n) is 13.2. The van der Waals surface area contributed by atoms with E-state index in [1.807, 2.05) is 27.7 Å². The van der Waals surface area contributed by atoms with Crippen molar-refractivity contribution >= 4 is 11.8 Å². The zero-order chi connectivity index (χ0) is 31.6. The van der Waals surface area contributed by atoms with Gasteiger partial charge in [-0.25, -0.2) is 4.79 Å². The van der Waals surface area contributed by atoms with Crippen LogP contribution in [-0.2, 0) is 20.7 Å². The number of aromatic carboxylic acids is 1. The molecule has 0 spiro atoms. The Morgan fingerprint density at radius 2 is 1.79 bits per heavy atom. The van der Waals surface area contributed by atoms with Gasteiger partial charge in [0, 0.05) is 11.8 Å². The van der Waals surface area contributed by atoms with Gasteiger partial charge in [-0.3, -0.25) is 4.79 Å². The first-order chi connectivity index (χ1) is 19.7. The summed E-state index contributed by atoms with van der Waals surface area (Å²) in [5.74, 6) is -2.55. The first-order valence-corrected chi connectivity index (χ1v) is 16.0. The molecule has 2 heterocycles. The Morgan fingerprint density at radius 3 is 2.33 bits per heavy atom. The van der Waals surface area contributed by atoms with E-state index in [1.165, 1.54) is 0 Å². The number of carbonyl (C=O) groups excluding carboxylic acids is 1. The summed E-state index contributed by atoms with van der Waals surface area (Å²) in [4.78, 5) is 25.7. The lowest BCUT2D eigenvalue weighted by atomic mass is 9.76. The van der Waals surface area contributed by atoms with Crippen molar-refractivity contribution in [2.24, 2.45) is 23.7 Å². The predicted molar refractivity (Wildman–Crippen MR) is 162 cm³/mol. The van der Waals surface area contributed by atoms with Gasteiger partial charge in [0.1, 0.15) is 17.1 Å². The van der Waals surface area contributed by atoms with Gasteiger partial charge in [0.2, 0.25) is 0 Å². The number of carboxylic acids is 1. The van der Waals surface area contributed by atoms with Crippen LogP contribution in [0.5, 0.6) is 5.75 Å². The zero-order valence-corrected chi connectivity index (χ0v) is 26.9. The van der Waals surface area contributed by atoms with Crippen molar-refractivity contribution in [1.82, 2.24) is 0 Å². The van der Waals surface area contributed by atoms with Crippen LogP contribution in [0.2, 0.25) is 0 Å². The summed E-state index contributed by atoms with van der Waals surface area (Å²) in [5.41, 5.74) is -0.437. The van der Waals surface area contributed by atoms with Crippen LogP contribution in [-0.4, -0.2) is 67.8 Å². The van der Waals surface area contributed by atoms with Crippen molar-refractivity contribution in [3.8, 4) is 5.75 Å². The minimum atomic E-state index is -1.18. The molecule has 1 aromatic carbocycles. The molecule has 8 nitrogen and oxygen atoms in total. The van der Waals surface area contributed by atoms with E-state index in [2.05, 4.69) is 13.8 Å². The van der Waals surface area contributed by atoms with E-state index in [1.54, 1.807) is 26.0 Å². The Kier molecular flexibility index (Phi) is 11.3. The summed E-state index contributed by atoms with van der Waals surface area (Å²) in [7, 11) is 0. The molecular weight excluding hydrogens is 536 g/mol. The molecule has 2 saturated heterocycles. The van der Waals surface area contributed by atoms with Crippen molar-refractivity contribution in [3.63, 3.8) is 0 Å². The van der Waals surface area contributed by atoms with E-state index in [4.69, 9.17) is 9.47 Å². The summed E-state index contributed by atoms with van der Waals surface area (Å²) >= 11 is 0. The van der Waals surface area contributed by atoms with Gasteiger partial charge in [-0.1, -0.05) is 53.7 Å². The molecule has 0 unspecified atom stereocenters. The topological polar surface area (TPSA) is 134 Å². The monoisotopic (exact) mass is 590 g/mol. The van der Waals surface area contributed by atoms with E-state index in [0.29, 0.717) is 49.7 Å². The molecule has 2 aliphatic rings. The summed E-state index contributed by atoms with van der Waals surface area (Å²) in [5, 5.41) is 42.1. The van der Waals surface area contributed by atoms with Gasteiger partial charge in [0.15, 0.2) is 0 Å². The molecule has 0 bridgehead atoms. The number of rotatable bonds is 13. The number of ether oxygens (including phenoxy) is 2. The predicted octanol–water partition coefficient (Wildman–Crippen LogP) is 5.84. The molecule has 42 heavy (non-hydrogen) atoms. The Balaban J connectivity index is 1.69. The lowest BCUT2D eigenvalue weighted by Gasteiger charge is -2.47. The average Bonchev–Trinajstić information content (AvgIpc) is 3.31. The second-order valence-corrected chi connectivity index (χ2v) is 13.2. The van der Waals surface area contributed by atoms with Crippen molar-refractivity contribution in [1.29, 1.82) is 0 Å². The van der Waals surface area contributed by atoms with Crippen molar-refractivity contribution in [3.05, 3.63) is 28.8 Å². The fourth-order valence-electron chi connectivity index (χ4n) is 7.45. The summed E-state index contributed by atoms with van der Waals surface area (Å²) in [6.07, 6.45) is 3.34. The van der Waals surface area contributed by atoms with Crippen LogP contribution in [0.1, 0.15) is 115 Å². The number of benzene rings is 1. The molecule has 4 N–H and O–H groups in total. The van der Waals surface area contributed by atoms with Gasteiger partial charge in [0.05, 0.1) is 35.6 Å². The maximum atomic E-state index is 13.9. The summed E-state index contributed by atoms with van der Waals surface area (Å²) in [6, 6.07) is 3.40. The van der Waals surface area contributed by atoms with Crippen molar-refractivity contribution < 1.29 is 39.5 Å². The van der Waals surface area contributed by atoms with E-state index >= 15 is 0 Å². The normalized spacial score (nSPS) is 32.7. The fraction of sp³-hybridized carbons (Fsp3) is 0.765. The Hall–Kier alpha value is -2.00. The number of aliphatic hydroxyl groups excluding tert-OH is 1. The van der Waals surface area contributed by atoms with Gasteiger partial charge >= 0.3 is 5.97 Å². The molecule has 0 radical (unpaired) electrons. The molecule has 8 heteroatoms. The number of carboxylic acid groups (broad SMARTS) is 1. The minimum absolute atomic E-state index is 0.0157. The molecule has 238 valence electrons. The van der Waals surface area contributed by atoms with Gasteiger partial charge in [-0.2, -0.15) is 0 Å². The SMILES string of the molecule is CC[C@@H](C(=O)[C@H](C)[C@H](O)[C@H](C)CCc1ccc(C)c(O)c1C(=O)O)[C@H]1O[C@@](CC)([C@H]2CC[C@@](O)(CC)[C@H](C)O2)C[C@H]1C. The number of aliphatic hydroxyl groups is 2. The molecule has 3 rings (SSSR count). The van der Waals surface area contributed by atoms with Crippen LogP contribution in [0, 0.1) is 30.6 Å². The first kappa shape index (κ1) is 34.5.